The molecule has 4 heterocycles. The molecule has 0 atom stereocenters. The molecule has 0 unspecified atom stereocenters. The van der Waals surface area contributed by atoms with Crippen molar-refractivity contribution in [2.75, 3.05) is 0 Å². The highest BCUT2D eigenvalue weighted by molar-refractivity contribution is 6.23. The summed E-state index contributed by atoms with van der Waals surface area (Å²) >= 11 is 0. The maximum Gasteiger partial charge on any atom is 0.238 e. The average Bonchev–Trinajstić information content (AvgIpc) is 4.01. The quantitative estimate of drug-likeness (QED) is 0.168. The molecule has 0 spiro atoms. The van der Waals surface area contributed by atoms with Gasteiger partial charge in [0.25, 0.3) is 0 Å². The molecule has 0 aliphatic rings. The van der Waals surface area contributed by atoms with E-state index in [-0.39, 0.29) is 0 Å². The third-order valence-corrected chi connectivity index (χ3v) is 12.5. The van der Waals surface area contributed by atoms with E-state index >= 15 is 0 Å². The molecule has 6 heteroatoms. The van der Waals surface area contributed by atoms with Gasteiger partial charge in [-0.05, 0) is 59.7 Å². The second-order valence-electron chi connectivity index (χ2n) is 16.0. The van der Waals surface area contributed by atoms with Crippen LogP contribution in [0.25, 0.3) is 117 Å². The molecule has 13 rings (SSSR count). The third kappa shape index (κ3) is 5.48. The Labute approximate surface area is 362 Å². The van der Waals surface area contributed by atoms with E-state index in [2.05, 4.69) is 226 Å². The summed E-state index contributed by atoms with van der Waals surface area (Å²) < 4.78 is 6.99. The van der Waals surface area contributed by atoms with Gasteiger partial charge in [0, 0.05) is 54.8 Å². The summed E-state index contributed by atoms with van der Waals surface area (Å²) in [5, 5.41) is 7.04. The SMILES string of the molecule is c1ccc(-c2ccc(-c3nc(-c4cccc(-n5c6ccccc6c6ccccc65)c4)nc(-n4c5ccccc5c5ccc6c7ccccc7n(-c7ccccc7)c6c54)n3)cc2)cc1. The van der Waals surface area contributed by atoms with Crippen LogP contribution < -0.4 is 0 Å². The average molecular weight is 805 g/mol. The monoisotopic (exact) mass is 804 g/mol. The van der Waals surface area contributed by atoms with Gasteiger partial charge in [-0.2, -0.15) is 9.97 Å². The Morgan fingerprint density at radius 2 is 0.667 bits per heavy atom. The van der Waals surface area contributed by atoms with Crippen molar-refractivity contribution < 1.29 is 0 Å². The lowest BCUT2D eigenvalue weighted by molar-refractivity contribution is 0.953. The maximum absolute atomic E-state index is 5.47. The Bertz CT molecular complexity index is 3840. The highest BCUT2D eigenvalue weighted by atomic mass is 15.2. The smallest absolute Gasteiger partial charge is 0.238 e. The number of nitrogens with zero attached hydrogens (tertiary/aromatic N) is 6. The van der Waals surface area contributed by atoms with Gasteiger partial charge in [0.1, 0.15) is 0 Å². The number of benzene rings is 9. The van der Waals surface area contributed by atoms with Gasteiger partial charge >= 0.3 is 0 Å². The van der Waals surface area contributed by atoms with Crippen LogP contribution in [0.2, 0.25) is 0 Å². The summed E-state index contributed by atoms with van der Waals surface area (Å²) in [5.41, 5.74) is 12.8. The summed E-state index contributed by atoms with van der Waals surface area (Å²) in [6.45, 7) is 0. The third-order valence-electron chi connectivity index (χ3n) is 12.5. The van der Waals surface area contributed by atoms with Gasteiger partial charge in [-0.15, -0.1) is 0 Å². The van der Waals surface area contributed by atoms with E-state index in [1.54, 1.807) is 0 Å². The summed E-state index contributed by atoms with van der Waals surface area (Å²) in [7, 11) is 0. The standard InChI is InChI=1S/C57H36N6/c1-3-16-37(17-4-1)38-30-32-39(33-31-38)55-58-56(40-18-15-21-42(36-40)61-49-26-11-7-22-43(49)44-23-8-12-27-50(44)61)60-57(59-55)63-52-29-14-10-25-46(52)48-35-34-47-45-24-9-13-28-51(45)62(53(47)54(48)63)41-19-5-2-6-20-41/h1-36H. The van der Waals surface area contributed by atoms with Gasteiger partial charge in [-0.3, -0.25) is 4.57 Å². The minimum atomic E-state index is 0.549. The van der Waals surface area contributed by atoms with Crippen LogP contribution in [-0.4, -0.2) is 28.7 Å². The van der Waals surface area contributed by atoms with Crippen LogP contribution in [0.4, 0.5) is 0 Å². The van der Waals surface area contributed by atoms with Crippen LogP contribution >= 0.6 is 0 Å². The zero-order valence-electron chi connectivity index (χ0n) is 34.0. The molecule has 0 radical (unpaired) electrons. The first-order chi connectivity index (χ1) is 31.3. The molecular weight excluding hydrogens is 769 g/mol. The van der Waals surface area contributed by atoms with Crippen LogP contribution in [0.5, 0.6) is 0 Å². The van der Waals surface area contributed by atoms with Crippen molar-refractivity contribution in [1.82, 2.24) is 28.7 Å². The van der Waals surface area contributed by atoms with Crippen LogP contribution in [0.1, 0.15) is 0 Å². The molecule has 0 fully saturated rings. The van der Waals surface area contributed by atoms with E-state index in [0.29, 0.717) is 17.6 Å². The molecule has 13 aromatic rings. The van der Waals surface area contributed by atoms with Crippen LogP contribution in [0.3, 0.4) is 0 Å². The molecule has 0 aliphatic heterocycles. The van der Waals surface area contributed by atoms with Crippen molar-refractivity contribution in [3.05, 3.63) is 218 Å². The molecule has 4 aromatic heterocycles. The minimum Gasteiger partial charge on any atom is -0.309 e. The fourth-order valence-electron chi connectivity index (χ4n) is 9.70. The summed E-state index contributed by atoms with van der Waals surface area (Å²) in [5.74, 6) is 1.73. The Balaban J connectivity index is 1.10. The van der Waals surface area contributed by atoms with Gasteiger partial charge in [0.05, 0.1) is 33.1 Å². The molecule has 9 aromatic carbocycles. The Morgan fingerprint density at radius 1 is 0.254 bits per heavy atom. The zero-order chi connectivity index (χ0) is 41.4. The highest BCUT2D eigenvalue weighted by Gasteiger charge is 2.24. The topological polar surface area (TPSA) is 53.5 Å². The Morgan fingerprint density at radius 3 is 1.27 bits per heavy atom. The van der Waals surface area contributed by atoms with Gasteiger partial charge in [0.15, 0.2) is 11.6 Å². The maximum atomic E-state index is 5.47. The van der Waals surface area contributed by atoms with E-state index in [1.807, 2.05) is 6.07 Å². The first-order valence-electron chi connectivity index (χ1n) is 21.3. The summed E-state index contributed by atoms with van der Waals surface area (Å²) in [6.07, 6.45) is 0. The van der Waals surface area contributed by atoms with Crippen molar-refractivity contribution in [2.45, 2.75) is 0 Å². The summed E-state index contributed by atoms with van der Waals surface area (Å²) in [4.78, 5) is 16.2. The number of para-hydroxylation sites is 5. The van der Waals surface area contributed by atoms with E-state index in [1.165, 1.54) is 16.2 Å². The molecule has 0 saturated carbocycles. The number of aromatic nitrogens is 6. The lowest BCUT2D eigenvalue weighted by Crippen LogP contribution is -2.07. The van der Waals surface area contributed by atoms with Crippen LogP contribution in [0.15, 0.2) is 218 Å². The predicted molar refractivity (Wildman–Crippen MR) is 259 cm³/mol. The normalized spacial score (nSPS) is 11.8. The minimum absolute atomic E-state index is 0.549. The van der Waals surface area contributed by atoms with E-state index in [9.17, 15) is 0 Å². The summed E-state index contributed by atoms with van der Waals surface area (Å²) in [6, 6.07) is 77.2. The molecule has 6 nitrogen and oxygen atoms in total. The number of hydrogen-bond acceptors (Lipinski definition) is 3. The van der Waals surface area contributed by atoms with E-state index < -0.39 is 0 Å². The van der Waals surface area contributed by atoms with Crippen LogP contribution in [-0.2, 0) is 0 Å². The van der Waals surface area contributed by atoms with Crippen molar-refractivity contribution in [3.63, 3.8) is 0 Å². The zero-order valence-corrected chi connectivity index (χ0v) is 34.0. The highest BCUT2D eigenvalue weighted by Crippen LogP contribution is 2.42. The first kappa shape index (κ1) is 35.2. The molecule has 0 N–H and O–H groups in total. The van der Waals surface area contributed by atoms with Gasteiger partial charge < -0.3 is 9.13 Å². The predicted octanol–water partition coefficient (Wildman–Crippen LogP) is 14.2. The lowest BCUT2D eigenvalue weighted by atomic mass is 10.0. The number of rotatable bonds is 6. The second-order valence-corrected chi connectivity index (χ2v) is 16.0. The molecule has 0 amide bonds. The van der Waals surface area contributed by atoms with Crippen molar-refractivity contribution in [2.24, 2.45) is 0 Å². The van der Waals surface area contributed by atoms with Crippen molar-refractivity contribution >= 4 is 65.4 Å². The van der Waals surface area contributed by atoms with E-state index in [4.69, 9.17) is 15.0 Å². The fraction of sp³-hybridized carbons (Fsp3) is 0. The van der Waals surface area contributed by atoms with Gasteiger partial charge in [0.2, 0.25) is 5.95 Å². The molecule has 63 heavy (non-hydrogen) atoms. The molecule has 0 aliphatic carbocycles. The molecule has 0 saturated heterocycles. The van der Waals surface area contributed by atoms with E-state index in [0.717, 1.165) is 82.9 Å². The largest absolute Gasteiger partial charge is 0.309 e. The number of fused-ring (bicyclic) bond motifs is 10. The van der Waals surface area contributed by atoms with Crippen molar-refractivity contribution in [3.8, 4) is 51.2 Å². The first-order valence-corrected chi connectivity index (χ1v) is 21.3. The number of hydrogen-bond donors (Lipinski definition) is 0. The van der Waals surface area contributed by atoms with Gasteiger partial charge in [-0.1, -0.05) is 170 Å². The second kappa shape index (κ2) is 14.0. The van der Waals surface area contributed by atoms with Gasteiger partial charge in [-0.25, -0.2) is 4.98 Å². The Kier molecular flexibility index (Phi) is 7.80. The fourth-order valence-corrected chi connectivity index (χ4v) is 9.70. The lowest BCUT2D eigenvalue weighted by Gasteiger charge is -2.14. The van der Waals surface area contributed by atoms with Crippen LogP contribution in [0, 0.1) is 0 Å². The molecule has 294 valence electrons. The molecular formula is C57H36N6. The Hall–Kier alpha value is -8.61. The molecule has 0 bridgehead atoms. The van der Waals surface area contributed by atoms with Crippen molar-refractivity contribution in [1.29, 1.82) is 0 Å².